The summed E-state index contributed by atoms with van der Waals surface area (Å²) in [5, 5.41) is 9.91. The quantitative estimate of drug-likeness (QED) is 0.378. The highest BCUT2D eigenvalue weighted by atomic mass is 16.5. The van der Waals surface area contributed by atoms with Gasteiger partial charge in [0.25, 0.3) is 0 Å². The first-order valence-corrected chi connectivity index (χ1v) is 10.8. The van der Waals surface area contributed by atoms with E-state index in [9.17, 15) is 4.79 Å². The second-order valence-corrected chi connectivity index (χ2v) is 7.77. The number of hydrogen-bond acceptors (Lipinski definition) is 6. The molecule has 0 spiro atoms. The minimum Gasteiger partial charge on any atom is -0.497 e. The lowest BCUT2D eigenvalue weighted by Gasteiger charge is -2.16. The van der Waals surface area contributed by atoms with Gasteiger partial charge in [-0.2, -0.15) is 4.98 Å². The lowest BCUT2D eigenvalue weighted by molar-refractivity contribution is 0.243. The number of aryl methyl sites for hydroxylation is 1. The van der Waals surface area contributed by atoms with Crippen LogP contribution in [-0.4, -0.2) is 30.4 Å². The summed E-state index contributed by atoms with van der Waals surface area (Å²) in [6, 6.07) is 21.8. The van der Waals surface area contributed by atoms with E-state index in [1.165, 1.54) is 0 Å². The van der Waals surface area contributed by atoms with E-state index in [1.54, 1.807) is 32.4 Å². The SMILES string of the molecule is COc1cc(NC(=O)NC(Cc2ccccc2)c2nc(-c3cccc(C)c3)no2)cc(OC)c1. The van der Waals surface area contributed by atoms with Crippen molar-refractivity contribution in [3.05, 3.63) is 89.8 Å². The highest BCUT2D eigenvalue weighted by Crippen LogP contribution is 2.26. The lowest BCUT2D eigenvalue weighted by Crippen LogP contribution is -2.34. The molecule has 8 nitrogen and oxygen atoms in total. The topological polar surface area (TPSA) is 98.5 Å². The molecule has 1 heterocycles. The molecule has 3 aromatic carbocycles. The first kappa shape index (κ1) is 22.8. The van der Waals surface area contributed by atoms with Crippen LogP contribution in [0.5, 0.6) is 11.5 Å². The fourth-order valence-corrected chi connectivity index (χ4v) is 3.53. The zero-order valence-electron chi connectivity index (χ0n) is 19.2. The Hall–Kier alpha value is -4.33. The summed E-state index contributed by atoms with van der Waals surface area (Å²) < 4.78 is 16.1. The van der Waals surface area contributed by atoms with Gasteiger partial charge in [-0.25, -0.2) is 4.79 Å². The van der Waals surface area contributed by atoms with Crippen LogP contribution in [0, 0.1) is 6.92 Å². The molecule has 0 bridgehead atoms. The molecule has 4 aromatic rings. The van der Waals surface area contributed by atoms with Crippen molar-refractivity contribution in [3.63, 3.8) is 0 Å². The molecule has 1 atom stereocenters. The van der Waals surface area contributed by atoms with Crippen LogP contribution >= 0.6 is 0 Å². The van der Waals surface area contributed by atoms with Crippen LogP contribution in [0.15, 0.2) is 77.3 Å². The number of carbonyl (C=O) groups is 1. The number of ether oxygens (including phenoxy) is 2. The molecule has 0 fully saturated rings. The zero-order chi connectivity index (χ0) is 23.9. The number of methoxy groups -OCH3 is 2. The monoisotopic (exact) mass is 458 g/mol. The number of hydrogen-bond donors (Lipinski definition) is 2. The molecule has 8 heteroatoms. The van der Waals surface area contributed by atoms with Crippen molar-refractivity contribution in [2.45, 2.75) is 19.4 Å². The van der Waals surface area contributed by atoms with Crippen molar-refractivity contribution in [3.8, 4) is 22.9 Å². The van der Waals surface area contributed by atoms with Crippen LogP contribution in [0.4, 0.5) is 10.5 Å². The summed E-state index contributed by atoms with van der Waals surface area (Å²) in [4.78, 5) is 17.5. The number of rotatable bonds is 8. The first-order valence-electron chi connectivity index (χ1n) is 10.8. The van der Waals surface area contributed by atoms with E-state index in [0.717, 1.165) is 16.7 Å². The zero-order valence-corrected chi connectivity index (χ0v) is 19.2. The Morgan fingerprint density at radius 1 is 0.971 bits per heavy atom. The fraction of sp³-hybridized carbons (Fsp3) is 0.192. The summed E-state index contributed by atoms with van der Waals surface area (Å²) in [5.41, 5.74) is 3.49. The normalized spacial score (nSPS) is 11.5. The maximum atomic E-state index is 12.9. The molecule has 34 heavy (non-hydrogen) atoms. The molecule has 2 amide bonds. The number of nitrogens with zero attached hydrogens (tertiary/aromatic N) is 2. The van der Waals surface area contributed by atoms with Crippen LogP contribution < -0.4 is 20.1 Å². The average molecular weight is 459 g/mol. The van der Waals surface area contributed by atoms with Gasteiger partial charge in [-0.3, -0.25) is 0 Å². The van der Waals surface area contributed by atoms with Gasteiger partial charge in [-0.05, 0) is 18.6 Å². The predicted octanol–water partition coefficient (Wildman–Crippen LogP) is 5.17. The van der Waals surface area contributed by atoms with Crippen molar-refractivity contribution in [1.29, 1.82) is 0 Å². The summed E-state index contributed by atoms with van der Waals surface area (Å²) in [7, 11) is 3.10. The highest BCUT2D eigenvalue weighted by molar-refractivity contribution is 5.90. The molecular weight excluding hydrogens is 432 g/mol. The lowest BCUT2D eigenvalue weighted by atomic mass is 10.1. The van der Waals surface area contributed by atoms with E-state index in [-0.39, 0.29) is 0 Å². The van der Waals surface area contributed by atoms with E-state index >= 15 is 0 Å². The second-order valence-electron chi connectivity index (χ2n) is 7.77. The van der Waals surface area contributed by atoms with Crippen molar-refractivity contribution in [1.82, 2.24) is 15.5 Å². The Kier molecular flexibility index (Phi) is 7.07. The number of anilines is 1. The molecule has 0 saturated heterocycles. The Balaban J connectivity index is 1.56. The van der Waals surface area contributed by atoms with Gasteiger partial charge in [0.15, 0.2) is 0 Å². The number of carbonyl (C=O) groups excluding carboxylic acids is 1. The van der Waals surface area contributed by atoms with Gasteiger partial charge in [-0.1, -0.05) is 59.3 Å². The largest absolute Gasteiger partial charge is 0.497 e. The van der Waals surface area contributed by atoms with Crippen molar-refractivity contribution < 1.29 is 18.8 Å². The van der Waals surface area contributed by atoms with Gasteiger partial charge in [0.2, 0.25) is 11.7 Å². The summed E-state index contributed by atoms with van der Waals surface area (Å²) >= 11 is 0. The van der Waals surface area contributed by atoms with Crippen LogP contribution in [0.3, 0.4) is 0 Å². The Bertz CT molecular complexity index is 1230. The molecule has 0 saturated carbocycles. The molecule has 1 unspecified atom stereocenters. The van der Waals surface area contributed by atoms with Crippen LogP contribution in [-0.2, 0) is 6.42 Å². The van der Waals surface area contributed by atoms with Crippen LogP contribution in [0.25, 0.3) is 11.4 Å². The summed E-state index contributed by atoms with van der Waals surface area (Å²) in [6.07, 6.45) is 0.477. The Morgan fingerprint density at radius 3 is 2.38 bits per heavy atom. The Morgan fingerprint density at radius 2 is 1.71 bits per heavy atom. The third kappa shape index (κ3) is 5.72. The molecule has 0 aliphatic heterocycles. The number of aromatic nitrogens is 2. The maximum absolute atomic E-state index is 12.9. The molecule has 0 radical (unpaired) electrons. The van der Waals surface area contributed by atoms with Crippen molar-refractivity contribution in [2.75, 3.05) is 19.5 Å². The van der Waals surface area contributed by atoms with Gasteiger partial charge < -0.3 is 24.6 Å². The second kappa shape index (κ2) is 10.5. The smallest absolute Gasteiger partial charge is 0.319 e. The molecular formula is C26H26N4O4. The fourth-order valence-electron chi connectivity index (χ4n) is 3.53. The standard InChI is InChI=1S/C26H26N4O4/c1-17-8-7-11-19(12-17)24-29-25(34-30-24)23(13-18-9-5-4-6-10-18)28-26(31)27-20-14-21(32-2)16-22(15-20)33-3/h4-12,14-16,23H,13H2,1-3H3,(H2,27,28,31). The van der Waals surface area contributed by atoms with Gasteiger partial charge in [-0.15, -0.1) is 0 Å². The third-order valence-electron chi connectivity index (χ3n) is 5.21. The van der Waals surface area contributed by atoms with E-state index in [1.807, 2.05) is 61.5 Å². The molecule has 4 rings (SSSR count). The molecule has 0 aliphatic rings. The molecule has 1 aromatic heterocycles. The van der Waals surface area contributed by atoms with Gasteiger partial charge in [0.05, 0.1) is 14.2 Å². The van der Waals surface area contributed by atoms with E-state index < -0.39 is 12.1 Å². The molecule has 2 N–H and O–H groups in total. The minimum atomic E-state index is -0.541. The average Bonchev–Trinajstić information content (AvgIpc) is 3.34. The summed E-state index contributed by atoms with van der Waals surface area (Å²) in [5.74, 6) is 1.92. The number of nitrogens with one attached hydrogen (secondary N) is 2. The van der Waals surface area contributed by atoms with E-state index in [0.29, 0.717) is 35.3 Å². The van der Waals surface area contributed by atoms with Crippen LogP contribution in [0.1, 0.15) is 23.1 Å². The minimum absolute atomic E-state index is 0.318. The number of urea groups is 1. The van der Waals surface area contributed by atoms with Gasteiger partial charge in [0.1, 0.15) is 17.5 Å². The van der Waals surface area contributed by atoms with E-state index in [4.69, 9.17) is 14.0 Å². The highest BCUT2D eigenvalue weighted by Gasteiger charge is 2.23. The van der Waals surface area contributed by atoms with Gasteiger partial charge >= 0.3 is 6.03 Å². The number of benzene rings is 3. The van der Waals surface area contributed by atoms with E-state index in [2.05, 4.69) is 20.8 Å². The van der Waals surface area contributed by atoms with Crippen molar-refractivity contribution >= 4 is 11.7 Å². The van der Waals surface area contributed by atoms with Crippen molar-refractivity contribution in [2.24, 2.45) is 0 Å². The Labute approximate surface area is 197 Å². The van der Waals surface area contributed by atoms with Crippen LogP contribution in [0.2, 0.25) is 0 Å². The molecule has 174 valence electrons. The molecule has 0 aliphatic carbocycles. The summed E-state index contributed by atoms with van der Waals surface area (Å²) in [6.45, 7) is 2.00. The number of amides is 2. The van der Waals surface area contributed by atoms with Gasteiger partial charge in [0, 0.05) is 35.9 Å². The first-order chi connectivity index (χ1) is 16.5. The third-order valence-corrected chi connectivity index (χ3v) is 5.21. The predicted molar refractivity (Wildman–Crippen MR) is 129 cm³/mol. The maximum Gasteiger partial charge on any atom is 0.319 e.